The minimum atomic E-state index is 0.158. The van der Waals surface area contributed by atoms with Crippen LogP contribution in [0.1, 0.15) is 38.7 Å². The highest BCUT2D eigenvalue weighted by Crippen LogP contribution is 2.52. The molecule has 0 radical (unpaired) electrons. The van der Waals surface area contributed by atoms with Gasteiger partial charge in [-0.3, -0.25) is 4.99 Å². The van der Waals surface area contributed by atoms with Crippen molar-refractivity contribution in [1.82, 2.24) is 0 Å². The minimum absolute atomic E-state index is 0.158. The first-order valence-corrected chi connectivity index (χ1v) is 6.10. The lowest BCUT2D eigenvalue weighted by Gasteiger charge is -2.27. The number of hydrogen-bond donors (Lipinski definition) is 0. The van der Waals surface area contributed by atoms with Gasteiger partial charge in [-0.2, -0.15) is 0 Å². The molecule has 1 spiro atoms. The maximum Gasteiger partial charge on any atom is 0.0674 e. The molecule has 1 aromatic carbocycles. The zero-order chi connectivity index (χ0) is 11.2. The summed E-state index contributed by atoms with van der Waals surface area (Å²) in [4.78, 5) is 4.76. The van der Waals surface area contributed by atoms with Crippen LogP contribution in [0.5, 0.6) is 0 Å². The number of nitrogens with zero attached hydrogens (tertiary/aromatic N) is 1. The van der Waals surface area contributed by atoms with Crippen LogP contribution in [0.4, 0.5) is 5.69 Å². The normalized spacial score (nSPS) is 29.9. The second kappa shape index (κ2) is 3.31. The van der Waals surface area contributed by atoms with E-state index in [4.69, 9.17) is 4.99 Å². The van der Waals surface area contributed by atoms with Gasteiger partial charge in [-0.25, -0.2) is 0 Å². The van der Waals surface area contributed by atoms with Gasteiger partial charge in [0.2, 0.25) is 0 Å². The maximum atomic E-state index is 4.76. The summed E-state index contributed by atoms with van der Waals surface area (Å²) in [6, 6.07) is 8.61. The molecule has 0 unspecified atom stereocenters. The van der Waals surface area contributed by atoms with Gasteiger partial charge in [-0.05, 0) is 44.7 Å². The fraction of sp³-hybridized carbons (Fsp3) is 0.400. The van der Waals surface area contributed by atoms with E-state index in [9.17, 15) is 0 Å². The molecular formula is C15H17N. The number of para-hydroxylation sites is 1. The molecule has 1 nitrogen and oxygen atoms in total. The molecule has 16 heavy (non-hydrogen) atoms. The van der Waals surface area contributed by atoms with Gasteiger partial charge in [0, 0.05) is 5.71 Å². The van der Waals surface area contributed by atoms with Gasteiger partial charge in [0.05, 0.1) is 11.1 Å². The SMILES string of the molecule is C/C=C1\CCC[C@@]12C(C)=Nc1ccccc12. The molecular weight excluding hydrogens is 194 g/mol. The van der Waals surface area contributed by atoms with E-state index in [1.165, 1.54) is 36.2 Å². The standard InChI is InChI=1S/C15H17N/c1-3-12-7-6-10-15(12)11(2)16-14-9-5-4-8-13(14)15/h3-5,8-9H,6-7,10H2,1-2H3/b12-3+/t15-/m1/s1. The monoisotopic (exact) mass is 211 g/mol. The van der Waals surface area contributed by atoms with Crippen LogP contribution in [-0.4, -0.2) is 5.71 Å². The van der Waals surface area contributed by atoms with Crippen LogP contribution < -0.4 is 0 Å². The van der Waals surface area contributed by atoms with Crippen molar-refractivity contribution in [2.24, 2.45) is 4.99 Å². The second-order valence-electron chi connectivity index (χ2n) is 4.79. The smallest absolute Gasteiger partial charge is 0.0674 e. The molecule has 0 amide bonds. The molecule has 0 bridgehead atoms. The Balaban J connectivity index is 2.26. The molecule has 1 saturated carbocycles. The van der Waals surface area contributed by atoms with Gasteiger partial charge in [0.1, 0.15) is 0 Å². The lowest BCUT2D eigenvalue weighted by Crippen LogP contribution is -2.29. The molecule has 1 fully saturated rings. The number of benzene rings is 1. The first-order chi connectivity index (χ1) is 7.79. The van der Waals surface area contributed by atoms with E-state index >= 15 is 0 Å². The zero-order valence-corrected chi connectivity index (χ0v) is 9.96. The van der Waals surface area contributed by atoms with Crippen molar-refractivity contribution >= 4 is 11.4 Å². The summed E-state index contributed by atoms with van der Waals surface area (Å²) in [5.41, 5.74) is 5.63. The topological polar surface area (TPSA) is 12.4 Å². The van der Waals surface area contributed by atoms with Gasteiger partial charge >= 0.3 is 0 Å². The van der Waals surface area contributed by atoms with E-state index < -0.39 is 0 Å². The first kappa shape index (κ1) is 9.83. The average Bonchev–Trinajstić information content (AvgIpc) is 2.85. The van der Waals surface area contributed by atoms with Crippen molar-refractivity contribution in [1.29, 1.82) is 0 Å². The van der Waals surface area contributed by atoms with E-state index in [1.807, 2.05) is 0 Å². The van der Waals surface area contributed by atoms with Crippen molar-refractivity contribution in [3.63, 3.8) is 0 Å². The van der Waals surface area contributed by atoms with Crippen LogP contribution in [0.15, 0.2) is 40.9 Å². The third kappa shape index (κ3) is 1.03. The molecule has 82 valence electrons. The van der Waals surface area contributed by atoms with Crippen LogP contribution in [0.3, 0.4) is 0 Å². The summed E-state index contributed by atoms with van der Waals surface area (Å²) in [5, 5.41) is 0. The Bertz CT molecular complexity index is 496. The highest BCUT2D eigenvalue weighted by Gasteiger charge is 2.46. The fourth-order valence-corrected chi connectivity index (χ4v) is 3.43. The summed E-state index contributed by atoms with van der Waals surface area (Å²) >= 11 is 0. The molecule has 1 atom stereocenters. The lowest BCUT2D eigenvalue weighted by atomic mass is 9.73. The number of allylic oxidation sites excluding steroid dienone is 2. The predicted octanol–water partition coefficient (Wildman–Crippen LogP) is 4.16. The Hall–Kier alpha value is -1.37. The number of hydrogen-bond acceptors (Lipinski definition) is 1. The van der Waals surface area contributed by atoms with E-state index in [2.05, 4.69) is 44.2 Å². The first-order valence-electron chi connectivity index (χ1n) is 6.10. The molecule has 1 aromatic rings. The zero-order valence-electron chi connectivity index (χ0n) is 9.96. The quantitative estimate of drug-likeness (QED) is 0.571. The Morgan fingerprint density at radius 3 is 2.94 bits per heavy atom. The minimum Gasteiger partial charge on any atom is -0.257 e. The molecule has 1 heteroatoms. The molecule has 0 aromatic heterocycles. The number of fused-ring (bicyclic) bond motifs is 2. The Morgan fingerprint density at radius 1 is 1.31 bits per heavy atom. The largest absolute Gasteiger partial charge is 0.257 e. The summed E-state index contributed by atoms with van der Waals surface area (Å²) in [6.07, 6.45) is 6.06. The third-order valence-electron chi connectivity index (χ3n) is 4.16. The van der Waals surface area contributed by atoms with Gasteiger partial charge in [-0.1, -0.05) is 29.8 Å². The molecule has 0 N–H and O–H groups in total. The van der Waals surface area contributed by atoms with Crippen molar-refractivity contribution in [2.45, 2.75) is 38.5 Å². The van der Waals surface area contributed by atoms with Crippen molar-refractivity contribution in [3.8, 4) is 0 Å². The van der Waals surface area contributed by atoms with Gasteiger partial charge in [0.15, 0.2) is 0 Å². The van der Waals surface area contributed by atoms with E-state index in [1.54, 1.807) is 5.57 Å². The van der Waals surface area contributed by atoms with Crippen molar-refractivity contribution in [2.75, 3.05) is 0 Å². The number of aliphatic imine (C=N–C) groups is 1. The molecule has 2 aliphatic rings. The van der Waals surface area contributed by atoms with Crippen molar-refractivity contribution < 1.29 is 0 Å². The third-order valence-corrected chi connectivity index (χ3v) is 4.16. The van der Waals surface area contributed by atoms with E-state index in [0.717, 1.165) is 0 Å². The van der Waals surface area contributed by atoms with Crippen molar-refractivity contribution in [3.05, 3.63) is 41.5 Å². The summed E-state index contributed by atoms with van der Waals surface area (Å²) in [7, 11) is 0. The molecule has 1 aliphatic heterocycles. The average molecular weight is 211 g/mol. The van der Waals surface area contributed by atoms with E-state index in [-0.39, 0.29) is 5.41 Å². The maximum absolute atomic E-state index is 4.76. The van der Waals surface area contributed by atoms with Crippen LogP contribution in [-0.2, 0) is 5.41 Å². The molecule has 3 rings (SSSR count). The fourth-order valence-electron chi connectivity index (χ4n) is 3.43. The van der Waals surface area contributed by atoms with Crippen LogP contribution in [0, 0.1) is 0 Å². The lowest BCUT2D eigenvalue weighted by molar-refractivity contribution is 0.693. The Kier molecular flexibility index (Phi) is 2.03. The Labute approximate surface area is 96.9 Å². The predicted molar refractivity (Wildman–Crippen MR) is 68.5 cm³/mol. The summed E-state index contributed by atoms with van der Waals surface area (Å²) < 4.78 is 0. The Morgan fingerprint density at radius 2 is 2.12 bits per heavy atom. The van der Waals surface area contributed by atoms with Gasteiger partial charge in [-0.15, -0.1) is 0 Å². The highest BCUT2D eigenvalue weighted by molar-refractivity contribution is 6.03. The van der Waals surface area contributed by atoms with Crippen LogP contribution in [0.25, 0.3) is 0 Å². The van der Waals surface area contributed by atoms with Gasteiger partial charge in [0.25, 0.3) is 0 Å². The molecule has 1 aliphatic carbocycles. The number of rotatable bonds is 0. The molecule has 0 saturated heterocycles. The molecule has 1 heterocycles. The summed E-state index contributed by atoms with van der Waals surface area (Å²) in [6.45, 7) is 4.35. The summed E-state index contributed by atoms with van der Waals surface area (Å²) in [5.74, 6) is 0. The van der Waals surface area contributed by atoms with Gasteiger partial charge < -0.3 is 0 Å². The van der Waals surface area contributed by atoms with Crippen LogP contribution in [0.2, 0.25) is 0 Å². The van der Waals surface area contributed by atoms with E-state index in [0.29, 0.717) is 0 Å². The van der Waals surface area contributed by atoms with Crippen LogP contribution >= 0.6 is 0 Å². The second-order valence-corrected chi connectivity index (χ2v) is 4.79. The highest BCUT2D eigenvalue weighted by atomic mass is 14.8.